The molecule has 0 saturated heterocycles. The minimum atomic E-state index is 0.255. The van der Waals surface area contributed by atoms with Crippen molar-refractivity contribution in [2.45, 2.75) is 83.2 Å². The molecule has 1 aromatic rings. The van der Waals surface area contributed by atoms with E-state index in [1.807, 2.05) is 0 Å². The lowest BCUT2D eigenvalue weighted by atomic mass is 9.57. The van der Waals surface area contributed by atoms with E-state index in [4.69, 9.17) is 0 Å². The van der Waals surface area contributed by atoms with Crippen molar-refractivity contribution in [2.24, 2.45) is 5.41 Å². The van der Waals surface area contributed by atoms with E-state index in [0.717, 1.165) is 6.04 Å². The van der Waals surface area contributed by atoms with E-state index in [-0.39, 0.29) is 5.54 Å². The van der Waals surface area contributed by atoms with Gasteiger partial charge in [-0.2, -0.15) is 0 Å². The molecule has 0 heterocycles. The van der Waals surface area contributed by atoms with Gasteiger partial charge in [0.15, 0.2) is 0 Å². The van der Waals surface area contributed by atoms with E-state index in [1.54, 1.807) is 0 Å². The number of hydrogen-bond donors (Lipinski definition) is 1. The predicted octanol–water partition coefficient (Wildman–Crippen LogP) is 5.10. The van der Waals surface area contributed by atoms with Crippen LogP contribution in [0.25, 0.3) is 0 Å². The average Bonchev–Trinajstić information content (AvgIpc) is 2.52. The smallest absolute Gasteiger partial charge is 0.0131 e. The molecule has 3 rings (SSSR count). The number of benzene rings is 1. The highest BCUT2D eigenvalue weighted by atomic mass is 15.0. The molecule has 1 aromatic carbocycles. The second-order valence-electron chi connectivity index (χ2n) is 8.03. The van der Waals surface area contributed by atoms with E-state index in [2.05, 4.69) is 49.5 Å². The lowest BCUT2D eigenvalue weighted by molar-refractivity contribution is 0.00646. The molecule has 116 valence electrons. The van der Waals surface area contributed by atoms with Crippen LogP contribution in [0.3, 0.4) is 0 Å². The van der Waals surface area contributed by atoms with Crippen LogP contribution >= 0.6 is 0 Å². The minimum absolute atomic E-state index is 0.255. The summed E-state index contributed by atoms with van der Waals surface area (Å²) in [6.07, 6.45) is 12.6. The summed E-state index contributed by atoms with van der Waals surface area (Å²) in [5.41, 5.74) is 2.39. The summed E-state index contributed by atoms with van der Waals surface area (Å²) in [6, 6.07) is 11.7. The molecule has 0 bridgehead atoms. The lowest BCUT2D eigenvalue weighted by Gasteiger charge is -2.55. The van der Waals surface area contributed by atoms with Gasteiger partial charge in [0.1, 0.15) is 0 Å². The van der Waals surface area contributed by atoms with Crippen LogP contribution in [0.1, 0.15) is 70.8 Å². The Labute approximate surface area is 130 Å². The Morgan fingerprint density at radius 2 is 1.76 bits per heavy atom. The largest absolute Gasteiger partial charge is 0.308 e. The zero-order valence-corrected chi connectivity index (χ0v) is 13.8. The number of nitrogens with one attached hydrogen (secondary N) is 1. The van der Waals surface area contributed by atoms with Gasteiger partial charge in [0, 0.05) is 11.6 Å². The van der Waals surface area contributed by atoms with E-state index in [1.165, 1.54) is 63.4 Å². The molecule has 1 heteroatoms. The summed E-state index contributed by atoms with van der Waals surface area (Å²) in [7, 11) is 0. The monoisotopic (exact) mass is 285 g/mol. The molecule has 0 aromatic heterocycles. The summed E-state index contributed by atoms with van der Waals surface area (Å²) < 4.78 is 0. The van der Waals surface area contributed by atoms with Crippen LogP contribution in [-0.4, -0.2) is 11.6 Å². The van der Waals surface area contributed by atoms with Crippen molar-refractivity contribution >= 4 is 0 Å². The molecule has 1 unspecified atom stereocenters. The third kappa shape index (κ3) is 3.51. The second kappa shape index (κ2) is 6.12. The van der Waals surface area contributed by atoms with Crippen LogP contribution in [0.2, 0.25) is 0 Å². The highest BCUT2D eigenvalue weighted by Crippen LogP contribution is 2.52. The quantitative estimate of drug-likeness (QED) is 0.793. The van der Waals surface area contributed by atoms with E-state index < -0.39 is 0 Å². The first kappa shape index (κ1) is 15.1. The zero-order valence-electron chi connectivity index (χ0n) is 13.8. The van der Waals surface area contributed by atoms with Gasteiger partial charge in [-0.3, -0.25) is 0 Å². The fourth-order valence-electron chi connectivity index (χ4n) is 4.42. The van der Waals surface area contributed by atoms with Crippen molar-refractivity contribution in [1.29, 1.82) is 0 Å². The van der Waals surface area contributed by atoms with Gasteiger partial charge in [-0.1, -0.05) is 49.6 Å². The van der Waals surface area contributed by atoms with Crippen molar-refractivity contribution in [3.05, 3.63) is 35.9 Å². The van der Waals surface area contributed by atoms with Crippen molar-refractivity contribution < 1.29 is 0 Å². The third-order valence-corrected chi connectivity index (χ3v) is 5.97. The SMILES string of the molecule is CC(C)(CCc1ccccc1)NC1CCC12CCCCC2. The highest BCUT2D eigenvalue weighted by molar-refractivity contribution is 5.15. The summed E-state index contributed by atoms with van der Waals surface area (Å²) in [4.78, 5) is 0. The first-order valence-electron chi connectivity index (χ1n) is 8.91. The summed E-state index contributed by atoms with van der Waals surface area (Å²) >= 11 is 0. The third-order valence-electron chi connectivity index (χ3n) is 5.97. The van der Waals surface area contributed by atoms with Crippen molar-refractivity contribution in [3.8, 4) is 0 Å². The Bertz CT molecular complexity index is 442. The number of rotatable bonds is 5. The number of hydrogen-bond acceptors (Lipinski definition) is 1. The maximum atomic E-state index is 4.02. The summed E-state index contributed by atoms with van der Waals surface area (Å²) in [6.45, 7) is 4.79. The minimum Gasteiger partial charge on any atom is -0.308 e. The molecular formula is C20H31N. The molecule has 1 atom stereocenters. The Kier molecular flexibility index (Phi) is 4.40. The fourth-order valence-corrected chi connectivity index (χ4v) is 4.42. The Morgan fingerprint density at radius 1 is 1.05 bits per heavy atom. The molecule has 1 spiro atoms. The molecule has 0 radical (unpaired) electrons. The van der Waals surface area contributed by atoms with Crippen LogP contribution in [0.15, 0.2) is 30.3 Å². The first-order chi connectivity index (χ1) is 10.1. The molecule has 1 nitrogen and oxygen atoms in total. The van der Waals surface area contributed by atoms with Gasteiger partial charge in [0.2, 0.25) is 0 Å². The predicted molar refractivity (Wildman–Crippen MR) is 90.5 cm³/mol. The summed E-state index contributed by atoms with van der Waals surface area (Å²) in [5.74, 6) is 0. The lowest BCUT2D eigenvalue weighted by Crippen LogP contribution is -2.60. The van der Waals surface area contributed by atoms with Gasteiger partial charge < -0.3 is 5.32 Å². The normalized spacial score (nSPS) is 24.8. The molecule has 2 fully saturated rings. The van der Waals surface area contributed by atoms with E-state index in [0.29, 0.717) is 5.41 Å². The maximum Gasteiger partial charge on any atom is 0.0131 e. The second-order valence-corrected chi connectivity index (χ2v) is 8.03. The zero-order chi connectivity index (χ0) is 14.8. The molecule has 0 amide bonds. The van der Waals surface area contributed by atoms with Gasteiger partial charge in [-0.25, -0.2) is 0 Å². The molecule has 21 heavy (non-hydrogen) atoms. The molecular weight excluding hydrogens is 254 g/mol. The van der Waals surface area contributed by atoms with Gasteiger partial charge in [0.05, 0.1) is 0 Å². The van der Waals surface area contributed by atoms with Crippen LogP contribution in [0.4, 0.5) is 0 Å². The van der Waals surface area contributed by atoms with Crippen LogP contribution in [0.5, 0.6) is 0 Å². The van der Waals surface area contributed by atoms with E-state index >= 15 is 0 Å². The Morgan fingerprint density at radius 3 is 2.38 bits per heavy atom. The topological polar surface area (TPSA) is 12.0 Å². The van der Waals surface area contributed by atoms with Crippen molar-refractivity contribution in [3.63, 3.8) is 0 Å². The molecule has 2 aliphatic rings. The molecule has 2 aliphatic carbocycles. The van der Waals surface area contributed by atoms with Crippen molar-refractivity contribution in [2.75, 3.05) is 0 Å². The van der Waals surface area contributed by atoms with Gasteiger partial charge in [-0.05, 0) is 63.4 Å². The molecule has 0 aliphatic heterocycles. The highest BCUT2D eigenvalue weighted by Gasteiger charge is 2.47. The van der Waals surface area contributed by atoms with Gasteiger partial charge >= 0.3 is 0 Å². The maximum absolute atomic E-state index is 4.02. The molecule has 2 saturated carbocycles. The van der Waals surface area contributed by atoms with Crippen LogP contribution in [-0.2, 0) is 6.42 Å². The summed E-state index contributed by atoms with van der Waals surface area (Å²) in [5, 5.41) is 4.02. The van der Waals surface area contributed by atoms with Crippen LogP contribution in [0, 0.1) is 5.41 Å². The van der Waals surface area contributed by atoms with Gasteiger partial charge in [0.25, 0.3) is 0 Å². The standard InChI is InChI=1S/C20H31N/c1-19(2,15-11-17-9-5-3-6-10-17)21-18-12-16-20(18)13-7-4-8-14-20/h3,5-6,9-10,18,21H,4,7-8,11-16H2,1-2H3. The Balaban J connectivity index is 1.53. The van der Waals surface area contributed by atoms with Gasteiger partial charge in [-0.15, -0.1) is 0 Å². The van der Waals surface area contributed by atoms with Crippen molar-refractivity contribution in [1.82, 2.24) is 5.32 Å². The van der Waals surface area contributed by atoms with Crippen LogP contribution < -0.4 is 5.32 Å². The van der Waals surface area contributed by atoms with E-state index in [9.17, 15) is 0 Å². The Hall–Kier alpha value is -0.820. The fraction of sp³-hybridized carbons (Fsp3) is 0.700. The first-order valence-corrected chi connectivity index (χ1v) is 8.91. The number of aryl methyl sites for hydroxylation is 1. The molecule has 1 N–H and O–H groups in total. The average molecular weight is 285 g/mol.